The summed E-state index contributed by atoms with van der Waals surface area (Å²) in [6.45, 7) is 0. The first-order chi connectivity index (χ1) is 5.52. The molecule has 0 aromatic rings. The number of hydrogen-bond acceptors (Lipinski definition) is 2. The average Bonchev–Trinajstić information content (AvgIpc) is 2.31. The highest BCUT2D eigenvalue weighted by Crippen LogP contribution is 2.34. The van der Waals surface area contributed by atoms with E-state index < -0.39 is 29.9 Å². The molecule has 0 aliphatic heterocycles. The molecule has 68 valence electrons. The highest BCUT2D eigenvalue weighted by atomic mass is 19.1. The van der Waals surface area contributed by atoms with E-state index in [1.807, 2.05) is 0 Å². The number of aliphatic carboxylic acids is 2. The average molecular weight is 176 g/mol. The predicted octanol–water partition coefficient (Wildman–Crippen LogP) is 0.520. The third-order valence-electron chi connectivity index (χ3n) is 2.14. The molecule has 0 aromatic carbocycles. The molecule has 2 unspecified atom stereocenters. The van der Waals surface area contributed by atoms with Gasteiger partial charge in [0.25, 0.3) is 0 Å². The monoisotopic (exact) mass is 176 g/mol. The van der Waals surface area contributed by atoms with E-state index in [0.29, 0.717) is 0 Å². The minimum atomic E-state index is -1.28. The van der Waals surface area contributed by atoms with Gasteiger partial charge >= 0.3 is 11.9 Å². The molecule has 1 rings (SSSR count). The zero-order valence-corrected chi connectivity index (χ0v) is 6.24. The molecule has 0 bridgehead atoms. The van der Waals surface area contributed by atoms with Gasteiger partial charge in [-0.15, -0.1) is 0 Å². The summed E-state index contributed by atoms with van der Waals surface area (Å²) in [5, 5.41) is 17.0. The summed E-state index contributed by atoms with van der Waals surface area (Å²) in [5.74, 6) is -4.56. The van der Waals surface area contributed by atoms with Crippen LogP contribution in [0.5, 0.6) is 0 Å². The van der Waals surface area contributed by atoms with Crippen LogP contribution in [0.15, 0.2) is 0 Å². The van der Waals surface area contributed by atoms with Crippen LogP contribution in [0.2, 0.25) is 0 Å². The molecule has 0 saturated heterocycles. The number of carboxylic acids is 2. The number of hydrogen-bond donors (Lipinski definition) is 2. The van der Waals surface area contributed by atoms with Crippen LogP contribution in [-0.2, 0) is 9.59 Å². The summed E-state index contributed by atoms with van der Waals surface area (Å²) in [6.07, 6.45) is -1.63. The minimum absolute atomic E-state index is 0.174. The summed E-state index contributed by atoms with van der Waals surface area (Å²) >= 11 is 0. The van der Waals surface area contributed by atoms with Crippen molar-refractivity contribution in [2.24, 2.45) is 11.8 Å². The van der Waals surface area contributed by atoms with Crippen molar-refractivity contribution < 1.29 is 24.2 Å². The Balaban J connectivity index is 2.72. The van der Waals surface area contributed by atoms with E-state index in [1.54, 1.807) is 0 Å². The minimum Gasteiger partial charge on any atom is -0.481 e. The van der Waals surface area contributed by atoms with Gasteiger partial charge < -0.3 is 10.2 Å². The third-order valence-corrected chi connectivity index (χ3v) is 2.14. The number of carboxylic acid groups (broad SMARTS) is 2. The van der Waals surface area contributed by atoms with E-state index in [0.717, 1.165) is 0 Å². The Morgan fingerprint density at radius 1 is 1.08 bits per heavy atom. The molecule has 0 aromatic heterocycles. The summed E-state index contributed by atoms with van der Waals surface area (Å²) in [4.78, 5) is 20.9. The first kappa shape index (κ1) is 8.96. The topological polar surface area (TPSA) is 74.6 Å². The van der Waals surface area contributed by atoms with Crippen molar-refractivity contribution in [1.82, 2.24) is 0 Å². The molecule has 0 amide bonds. The standard InChI is InChI=1S/C7H9FO4/c8-3-1-4(6(9)10)5(2-3)7(11)12/h3-5H,1-2H2,(H,9,10)(H,11,12)/t3?,4-,5?/m0/s1. The quantitative estimate of drug-likeness (QED) is 0.643. The van der Waals surface area contributed by atoms with Crippen LogP contribution in [0.4, 0.5) is 4.39 Å². The van der Waals surface area contributed by atoms with Crippen molar-refractivity contribution in [2.45, 2.75) is 19.0 Å². The van der Waals surface area contributed by atoms with Crippen LogP contribution >= 0.6 is 0 Å². The van der Waals surface area contributed by atoms with Gasteiger partial charge in [-0.3, -0.25) is 9.59 Å². The van der Waals surface area contributed by atoms with Gasteiger partial charge in [0.2, 0.25) is 0 Å². The maximum atomic E-state index is 12.6. The van der Waals surface area contributed by atoms with E-state index >= 15 is 0 Å². The van der Waals surface area contributed by atoms with E-state index in [9.17, 15) is 14.0 Å². The summed E-state index contributed by atoms with van der Waals surface area (Å²) in [6, 6.07) is 0. The molecule has 2 N–H and O–H groups in total. The van der Waals surface area contributed by atoms with Crippen molar-refractivity contribution in [3.05, 3.63) is 0 Å². The Morgan fingerprint density at radius 2 is 1.42 bits per heavy atom. The Morgan fingerprint density at radius 3 is 1.67 bits per heavy atom. The van der Waals surface area contributed by atoms with Crippen molar-refractivity contribution in [3.63, 3.8) is 0 Å². The number of carbonyl (C=O) groups is 2. The fraction of sp³-hybridized carbons (Fsp3) is 0.714. The lowest BCUT2D eigenvalue weighted by atomic mass is 9.97. The Hall–Kier alpha value is -1.13. The van der Waals surface area contributed by atoms with Crippen LogP contribution in [0.1, 0.15) is 12.8 Å². The normalized spacial score (nSPS) is 34.9. The van der Waals surface area contributed by atoms with Crippen molar-refractivity contribution in [2.75, 3.05) is 0 Å². The fourth-order valence-electron chi connectivity index (χ4n) is 1.52. The number of rotatable bonds is 2. The van der Waals surface area contributed by atoms with Crippen LogP contribution < -0.4 is 0 Å². The van der Waals surface area contributed by atoms with Gasteiger partial charge in [-0.2, -0.15) is 0 Å². The van der Waals surface area contributed by atoms with Gasteiger partial charge in [0, 0.05) is 0 Å². The summed E-state index contributed by atoms with van der Waals surface area (Å²) < 4.78 is 12.6. The van der Waals surface area contributed by atoms with E-state index in [1.165, 1.54) is 0 Å². The summed E-state index contributed by atoms with van der Waals surface area (Å²) in [7, 11) is 0. The molecule has 5 heteroatoms. The molecule has 0 radical (unpaired) electrons. The fourth-order valence-corrected chi connectivity index (χ4v) is 1.52. The van der Waals surface area contributed by atoms with E-state index in [-0.39, 0.29) is 12.8 Å². The molecule has 1 aliphatic carbocycles. The van der Waals surface area contributed by atoms with Gasteiger partial charge in [-0.25, -0.2) is 4.39 Å². The zero-order valence-electron chi connectivity index (χ0n) is 6.24. The molecule has 12 heavy (non-hydrogen) atoms. The van der Waals surface area contributed by atoms with Crippen LogP contribution in [0, 0.1) is 11.8 Å². The lowest BCUT2D eigenvalue weighted by Crippen LogP contribution is -2.24. The zero-order chi connectivity index (χ0) is 9.30. The molecule has 1 aliphatic rings. The molecular formula is C7H9FO4. The lowest BCUT2D eigenvalue weighted by Gasteiger charge is -2.08. The first-order valence-corrected chi connectivity index (χ1v) is 3.62. The molecule has 0 spiro atoms. The second-order valence-corrected chi connectivity index (χ2v) is 2.96. The first-order valence-electron chi connectivity index (χ1n) is 3.62. The van der Waals surface area contributed by atoms with Gasteiger partial charge in [0.05, 0.1) is 11.8 Å². The highest BCUT2D eigenvalue weighted by Gasteiger charge is 2.43. The van der Waals surface area contributed by atoms with Crippen LogP contribution in [0.25, 0.3) is 0 Å². The Bertz CT molecular complexity index is 193. The lowest BCUT2D eigenvalue weighted by molar-refractivity contribution is -0.152. The largest absolute Gasteiger partial charge is 0.481 e. The van der Waals surface area contributed by atoms with Gasteiger partial charge in [0.1, 0.15) is 6.17 Å². The van der Waals surface area contributed by atoms with Crippen LogP contribution in [0.3, 0.4) is 0 Å². The maximum Gasteiger partial charge on any atom is 0.307 e. The molecule has 3 atom stereocenters. The predicted molar refractivity (Wildman–Crippen MR) is 36.4 cm³/mol. The van der Waals surface area contributed by atoms with Gasteiger partial charge in [-0.1, -0.05) is 0 Å². The van der Waals surface area contributed by atoms with E-state index in [4.69, 9.17) is 10.2 Å². The number of halogens is 1. The molecule has 0 heterocycles. The smallest absolute Gasteiger partial charge is 0.307 e. The Kier molecular flexibility index (Phi) is 2.30. The highest BCUT2D eigenvalue weighted by molar-refractivity contribution is 5.80. The molecule has 1 saturated carbocycles. The van der Waals surface area contributed by atoms with Crippen LogP contribution in [-0.4, -0.2) is 28.3 Å². The molecule has 4 nitrogen and oxygen atoms in total. The second-order valence-electron chi connectivity index (χ2n) is 2.96. The molecular weight excluding hydrogens is 167 g/mol. The van der Waals surface area contributed by atoms with Crippen molar-refractivity contribution in [3.8, 4) is 0 Å². The number of alkyl halides is 1. The third kappa shape index (κ3) is 1.54. The Labute approximate surface area is 68.0 Å². The van der Waals surface area contributed by atoms with Crippen molar-refractivity contribution >= 4 is 11.9 Å². The van der Waals surface area contributed by atoms with E-state index in [2.05, 4.69) is 0 Å². The second kappa shape index (κ2) is 3.08. The van der Waals surface area contributed by atoms with Gasteiger partial charge in [-0.05, 0) is 12.8 Å². The summed E-state index contributed by atoms with van der Waals surface area (Å²) in [5.41, 5.74) is 0. The van der Waals surface area contributed by atoms with Crippen molar-refractivity contribution in [1.29, 1.82) is 0 Å². The SMILES string of the molecule is O=C(O)C1CC(F)C[C@@H]1C(=O)O. The van der Waals surface area contributed by atoms with Gasteiger partial charge in [0.15, 0.2) is 0 Å². The maximum absolute atomic E-state index is 12.6. The molecule has 1 fully saturated rings.